The van der Waals surface area contributed by atoms with Crippen LogP contribution in [0.3, 0.4) is 0 Å². The molecular weight excluding hydrogens is 340 g/mol. The van der Waals surface area contributed by atoms with Crippen LogP contribution in [0.25, 0.3) is 17.1 Å². The normalized spacial score (nSPS) is 10.8. The van der Waals surface area contributed by atoms with Crippen molar-refractivity contribution < 1.29 is 0 Å². The van der Waals surface area contributed by atoms with Gasteiger partial charge in [-0.1, -0.05) is 41.9 Å². The van der Waals surface area contributed by atoms with Gasteiger partial charge in [0.15, 0.2) is 5.82 Å². The third-order valence-corrected chi connectivity index (χ3v) is 4.00. The number of halogens is 2. The average Bonchev–Trinajstić information content (AvgIpc) is 2.93. The van der Waals surface area contributed by atoms with Crippen molar-refractivity contribution in [1.82, 2.24) is 20.2 Å². The number of benzene rings is 2. The highest BCUT2D eigenvalue weighted by Crippen LogP contribution is 2.29. The van der Waals surface area contributed by atoms with Gasteiger partial charge in [-0.15, -0.1) is 5.10 Å². The van der Waals surface area contributed by atoms with E-state index < -0.39 is 0 Å². The number of nitrogens with zero attached hydrogens (tertiary/aromatic N) is 4. The molecule has 0 saturated heterocycles. The van der Waals surface area contributed by atoms with Crippen molar-refractivity contribution in [2.75, 3.05) is 0 Å². The van der Waals surface area contributed by atoms with E-state index in [2.05, 4.69) is 31.5 Å². The molecule has 0 spiro atoms. The van der Waals surface area contributed by atoms with Gasteiger partial charge in [-0.25, -0.2) is 0 Å². The van der Waals surface area contributed by atoms with Crippen molar-refractivity contribution in [3.05, 3.63) is 57.5 Å². The lowest BCUT2D eigenvalue weighted by molar-refractivity contribution is 0.788. The summed E-state index contributed by atoms with van der Waals surface area (Å²) in [4.78, 5) is 0. The van der Waals surface area contributed by atoms with E-state index in [9.17, 15) is 0 Å². The van der Waals surface area contributed by atoms with Crippen LogP contribution in [0.1, 0.15) is 5.56 Å². The fourth-order valence-electron chi connectivity index (χ4n) is 1.91. The molecule has 3 rings (SSSR count). The van der Waals surface area contributed by atoms with Crippen LogP contribution in [0, 0.1) is 6.92 Å². The smallest absolute Gasteiger partial charge is 0.187 e. The van der Waals surface area contributed by atoms with Crippen LogP contribution in [0.2, 0.25) is 5.02 Å². The van der Waals surface area contributed by atoms with Crippen LogP contribution in [-0.2, 0) is 0 Å². The second-order valence-corrected chi connectivity index (χ2v) is 5.59. The van der Waals surface area contributed by atoms with Crippen LogP contribution in [0.5, 0.6) is 0 Å². The molecule has 0 aliphatic rings. The number of rotatable bonds is 2. The Bertz CT molecular complexity index is 755. The van der Waals surface area contributed by atoms with E-state index in [0.717, 1.165) is 21.3 Å². The standard InChI is InChI=1S/C14H10BrClN4/c1-9-7-11(15)13(8-12(9)16)20-14(17-18-19-20)10-5-3-2-4-6-10/h2-8H,1H3. The molecule has 0 atom stereocenters. The van der Waals surface area contributed by atoms with Crippen LogP contribution in [0.15, 0.2) is 46.9 Å². The topological polar surface area (TPSA) is 43.6 Å². The summed E-state index contributed by atoms with van der Waals surface area (Å²) in [5.41, 5.74) is 2.75. The molecule has 2 aromatic carbocycles. The van der Waals surface area contributed by atoms with Crippen molar-refractivity contribution >= 4 is 27.5 Å². The molecule has 0 aliphatic carbocycles. The minimum Gasteiger partial charge on any atom is -0.192 e. The van der Waals surface area contributed by atoms with Gasteiger partial charge in [-0.3, -0.25) is 0 Å². The second kappa shape index (κ2) is 5.34. The predicted octanol–water partition coefficient (Wildman–Crippen LogP) is 4.05. The Balaban J connectivity index is 2.18. The molecule has 6 heteroatoms. The van der Waals surface area contributed by atoms with E-state index in [4.69, 9.17) is 11.6 Å². The van der Waals surface area contributed by atoms with Gasteiger partial charge < -0.3 is 0 Å². The molecule has 0 radical (unpaired) electrons. The summed E-state index contributed by atoms with van der Waals surface area (Å²) in [7, 11) is 0. The Hall–Kier alpha value is -1.72. The highest BCUT2D eigenvalue weighted by Gasteiger charge is 2.14. The van der Waals surface area contributed by atoms with E-state index >= 15 is 0 Å². The summed E-state index contributed by atoms with van der Waals surface area (Å²) in [5, 5.41) is 12.6. The maximum atomic E-state index is 6.20. The Morgan fingerprint density at radius 2 is 1.90 bits per heavy atom. The zero-order valence-electron chi connectivity index (χ0n) is 10.6. The highest BCUT2D eigenvalue weighted by molar-refractivity contribution is 9.10. The predicted molar refractivity (Wildman–Crippen MR) is 82.0 cm³/mol. The van der Waals surface area contributed by atoms with Crippen molar-refractivity contribution in [2.45, 2.75) is 6.92 Å². The first-order valence-corrected chi connectivity index (χ1v) is 7.14. The summed E-state index contributed by atoms with van der Waals surface area (Å²) in [6.45, 7) is 1.95. The van der Waals surface area contributed by atoms with Crippen LogP contribution in [-0.4, -0.2) is 20.2 Å². The van der Waals surface area contributed by atoms with E-state index in [0.29, 0.717) is 10.8 Å². The number of aryl methyl sites for hydroxylation is 1. The first kappa shape index (κ1) is 13.3. The van der Waals surface area contributed by atoms with Crippen LogP contribution in [0.4, 0.5) is 0 Å². The van der Waals surface area contributed by atoms with Crippen molar-refractivity contribution in [3.8, 4) is 17.1 Å². The Morgan fingerprint density at radius 1 is 1.15 bits per heavy atom. The second-order valence-electron chi connectivity index (χ2n) is 4.33. The molecule has 0 fully saturated rings. The van der Waals surface area contributed by atoms with E-state index in [-0.39, 0.29) is 0 Å². The first-order valence-electron chi connectivity index (χ1n) is 5.96. The van der Waals surface area contributed by atoms with Crippen LogP contribution >= 0.6 is 27.5 Å². The summed E-state index contributed by atoms with van der Waals surface area (Å²) in [6, 6.07) is 13.6. The third kappa shape index (κ3) is 2.34. The fourth-order valence-corrected chi connectivity index (χ4v) is 2.70. The van der Waals surface area contributed by atoms with Gasteiger partial charge in [0.1, 0.15) is 0 Å². The molecule has 1 heterocycles. The summed E-state index contributed by atoms with van der Waals surface area (Å²) in [6.07, 6.45) is 0. The minimum absolute atomic E-state index is 0.672. The molecular formula is C14H10BrClN4. The maximum absolute atomic E-state index is 6.20. The largest absolute Gasteiger partial charge is 0.192 e. The van der Waals surface area contributed by atoms with Gasteiger partial charge in [-0.05, 0) is 51.0 Å². The summed E-state index contributed by atoms with van der Waals surface area (Å²) in [5.74, 6) is 0.672. The Labute approximate surface area is 129 Å². The SMILES string of the molecule is Cc1cc(Br)c(-n2nnnc2-c2ccccc2)cc1Cl. The van der Waals surface area contributed by atoms with Gasteiger partial charge in [0, 0.05) is 15.1 Å². The summed E-state index contributed by atoms with van der Waals surface area (Å²) >= 11 is 9.73. The molecule has 0 unspecified atom stereocenters. The minimum atomic E-state index is 0.672. The lowest BCUT2D eigenvalue weighted by Crippen LogP contribution is -2.01. The lowest BCUT2D eigenvalue weighted by Gasteiger charge is -2.09. The quantitative estimate of drug-likeness (QED) is 0.701. The summed E-state index contributed by atoms with van der Waals surface area (Å²) < 4.78 is 2.56. The molecule has 20 heavy (non-hydrogen) atoms. The van der Waals surface area contributed by atoms with E-state index in [1.165, 1.54) is 0 Å². The van der Waals surface area contributed by atoms with Crippen molar-refractivity contribution in [3.63, 3.8) is 0 Å². The Morgan fingerprint density at radius 3 is 2.65 bits per heavy atom. The van der Waals surface area contributed by atoms with E-state index in [1.54, 1.807) is 4.68 Å². The molecule has 0 aliphatic heterocycles. The molecule has 0 amide bonds. The molecule has 4 nitrogen and oxygen atoms in total. The number of tetrazole rings is 1. The molecule has 1 aromatic heterocycles. The zero-order valence-corrected chi connectivity index (χ0v) is 12.9. The van der Waals surface area contributed by atoms with Gasteiger partial charge in [0.2, 0.25) is 0 Å². The maximum Gasteiger partial charge on any atom is 0.187 e. The lowest BCUT2D eigenvalue weighted by atomic mass is 10.2. The number of aromatic nitrogens is 4. The molecule has 0 saturated carbocycles. The number of hydrogen-bond donors (Lipinski definition) is 0. The number of hydrogen-bond acceptors (Lipinski definition) is 3. The average molecular weight is 350 g/mol. The fraction of sp³-hybridized carbons (Fsp3) is 0.0714. The Kier molecular flexibility index (Phi) is 3.54. The third-order valence-electron chi connectivity index (χ3n) is 2.96. The highest BCUT2D eigenvalue weighted by atomic mass is 79.9. The van der Waals surface area contributed by atoms with Gasteiger partial charge in [-0.2, -0.15) is 4.68 Å². The molecule has 0 bridgehead atoms. The van der Waals surface area contributed by atoms with E-state index in [1.807, 2.05) is 49.4 Å². The first-order chi connectivity index (χ1) is 9.66. The van der Waals surface area contributed by atoms with Gasteiger partial charge >= 0.3 is 0 Å². The zero-order chi connectivity index (χ0) is 14.1. The molecule has 0 N–H and O–H groups in total. The van der Waals surface area contributed by atoms with Crippen LogP contribution < -0.4 is 0 Å². The molecule has 3 aromatic rings. The van der Waals surface area contributed by atoms with Gasteiger partial charge in [0.05, 0.1) is 5.69 Å². The van der Waals surface area contributed by atoms with Gasteiger partial charge in [0.25, 0.3) is 0 Å². The molecule has 100 valence electrons. The monoisotopic (exact) mass is 348 g/mol. The van der Waals surface area contributed by atoms with Crippen molar-refractivity contribution in [1.29, 1.82) is 0 Å². The van der Waals surface area contributed by atoms with Crippen molar-refractivity contribution in [2.24, 2.45) is 0 Å².